The number of carboxylic acids is 1. The van der Waals surface area contributed by atoms with Crippen LogP contribution in [-0.4, -0.2) is 33.2 Å². The maximum atomic E-state index is 15.3. The molecule has 1 aliphatic carbocycles. The van der Waals surface area contributed by atoms with Crippen LogP contribution in [0, 0.1) is 11.7 Å². The van der Waals surface area contributed by atoms with Crippen molar-refractivity contribution in [2.75, 3.05) is 7.11 Å². The van der Waals surface area contributed by atoms with Gasteiger partial charge < -0.3 is 14.6 Å². The average molecular weight is 628 g/mol. The van der Waals surface area contributed by atoms with Crippen molar-refractivity contribution in [3.63, 3.8) is 0 Å². The first-order valence-corrected chi connectivity index (χ1v) is 16.5. The minimum atomic E-state index is -0.778. The highest BCUT2D eigenvalue weighted by Crippen LogP contribution is 2.45. The first-order valence-electron chi connectivity index (χ1n) is 16.5. The van der Waals surface area contributed by atoms with Gasteiger partial charge in [0.15, 0.2) is 0 Å². The van der Waals surface area contributed by atoms with Crippen LogP contribution in [-0.2, 0) is 29.8 Å². The molecule has 0 saturated heterocycles. The van der Waals surface area contributed by atoms with Crippen LogP contribution in [0.4, 0.5) is 4.39 Å². The Hall–Kier alpha value is -4.20. The zero-order valence-electron chi connectivity index (χ0n) is 27.5. The third kappa shape index (κ3) is 8.53. The van der Waals surface area contributed by atoms with Gasteiger partial charge in [0, 0.05) is 17.2 Å². The molecular weight excluding hydrogens is 581 g/mol. The number of rotatable bonds is 17. The molecule has 1 atom stereocenters. The Morgan fingerprint density at radius 1 is 1.04 bits per heavy atom. The summed E-state index contributed by atoms with van der Waals surface area (Å²) >= 11 is 0. The number of carboxylic acid groups (broad SMARTS) is 1. The van der Waals surface area contributed by atoms with Gasteiger partial charge in [-0.05, 0) is 90.1 Å². The van der Waals surface area contributed by atoms with Crippen LogP contribution in [0.15, 0.2) is 66.9 Å². The minimum absolute atomic E-state index is 0.000798. The summed E-state index contributed by atoms with van der Waals surface area (Å²) in [6, 6.07) is 18.6. The van der Waals surface area contributed by atoms with E-state index in [0.717, 1.165) is 53.6 Å². The van der Waals surface area contributed by atoms with Gasteiger partial charge in [0.2, 0.25) is 0 Å². The number of hydrogen-bond acceptors (Lipinski definition) is 5. The van der Waals surface area contributed by atoms with Gasteiger partial charge in [0.05, 0.1) is 25.8 Å². The predicted molar refractivity (Wildman–Crippen MR) is 178 cm³/mol. The lowest BCUT2D eigenvalue weighted by Gasteiger charge is -2.29. The molecule has 1 aromatic heterocycles. The second-order valence-electron chi connectivity index (χ2n) is 13.2. The number of halogens is 1. The van der Waals surface area contributed by atoms with Gasteiger partial charge in [0.1, 0.15) is 23.9 Å². The zero-order chi connectivity index (χ0) is 32.7. The molecule has 4 aromatic rings. The molecule has 5 rings (SSSR count). The first kappa shape index (κ1) is 33.2. The van der Waals surface area contributed by atoms with E-state index in [0.29, 0.717) is 36.1 Å². The van der Waals surface area contributed by atoms with E-state index in [2.05, 4.69) is 37.1 Å². The molecule has 3 aromatic carbocycles. The number of aryl methyl sites for hydroxylation is 1. The van der Waals surface area contributed by atoms with Crippen molar-refractivity contribution in [2.45, 2.75) is 96.6 Å². The van der Waals surface area contributed by atoms with Crippen molar-refractivity contribution in [1.82, 2.24) is 15.0 Å². The summed E-state index contributed by atoms with van der Waals surface area (Å²) in [6.45, 7) is 7.36. The number of nitrogens with zero attached hydrogens (tertiary/aromatic N) is 3. The Labute approximate surface area is 271 Å². The average Bonchev–Trinajstić information content (AvgIpc) is 3.80. The van der Waals surface area contributed by atoms with E-state index in [1.807, 2.05) is 47.3 Å². The summed E-state index contributed by atoms with van der Waals surface area (Å²) in [5, 5.41) is 18.3. The molecule has 1 fully saturated rings. The Bertz CT molecular complexity index is 1630. The van der Waals surface area contributed by atoms with Crippen molar-refractivity contribution in [1.29, 1.82) is 0 Å². The molecule has 1 heterocycles. The van der Waals surface area contributed by atoms with Crippen molar-refractivity contribution in [2.24, 2.45) is 5.92 Å². The lowest BCUT2D eigenvalue weighted by molar-refractivity contribution is -0.137. The lowest BCUT2D eigenvalue weighted by Crippen LogP contribution is -2.26. The van der Waals surface area contributed by atoms with Crippen molar-refractivity contribution in [3.8, 4) is 22.6 Å². The summed E-state index contributed by atoms with van der Waals surface area (Å²) in [5.41, 5.74) is 4.72. The largest absolute Gasteiger partial charge is 0.497 e. The second-order valence-corrected chi connectivity index (χ2v) is 13.2. The molecule has 0 radical (unpaired) electrons. The number of hydrogen-bond donors (Lipinski definition) is 1. The topological polar surface area (TPSA) is 86.5 Å². The summed E-state index contributed by atoms with van der Waals surface area (Å²) < 4.78 is 28.9. The third-order valence-electron chi connectivity index (χ3n) is 8.98. The van der Waals surface area contributed by atoms with Crippen LogP contribution in [0.1, 0.15) is 94.0 Å². The van der Waals surface area contributed by atoms with Crippen LogP contribution >= 0.6 is 0 Å². The van der Waals surface area contributed by atoms with E-state index in [9.17, 15) is 9.90 Å². The number of carbonyl (C=O) groups is 1. The number of methoxy groups -OCH3 is 1. The van der Waals surface area contributed by atoms with E-state index in [4.69, 9.17) is 9.47 Å². The maximum Gasteiger partial charge on any atom is 0.303 e. The van der Waals surface area contributed by atoms with Crippen LogP contribution in [0.2, 0.25) is 0 Å². The normalized spacial score (nSPS) is 13.8. The predicted octanol–water partition coefficient (Wildman–Crippen LogP) is 8.74. The molecule has 1 saturated carbocycles. The van der Waals surface area contributed by atoms with Gasteiger partial charge in [-0.25, -0.2) is 4.39 Å². The summed E-state index contributed by atoms with van der Waals surface area (Å²) in [6.07, 6.45) is 9.90. The number of unbranched alkanes of at least 4 members (excludes halogenated alkanes) is 3. The zero-order valence-corrected chi connectivity index (χ0v) is 27.5. The molecule has 1 unspecified atom stereocenters. The fraction of sp³-hybridized carbons (Fsp3) is 0.447. The molecular formula is C38H46FN3O4. The molecule has 0 amide bonds. The van der Waals surface area contributed by atoms with Crippen molar-refractivity contribution in [3.05, 3.63) is 95.1 Å². The number of aliphatic carboxylic acids is 1. The quantitative estimate of drug-likeness (QED) is 0.118. The van der Waals surface area contributed by atoms with Crippen LogP contribution in [0.25, 0.3) is 11.1 Å². The summed E-state index contributed by atoms with van der Waals surface area (Å²) in [5.74, 6) is 0.609. The highest BCUT2D eigenvalue weighted by Gasteiger charge is 2.34. The van der Waals surface area contributed by atoms with Crippen LogP contribution in [0.3, 0.4) is 0 Å². The first-order chi connectivity index (χ1) is 22.2. The molecule has 1 N–H and O–H groups in total. The Balaban J connectivity index is 1.41. The van der Waals surface area contributed by atoms with Crippen molar-refractivity contribution < 1.29 is 23.8 Å². The molecule has 1 aliphatic rings. The molecule has 0 spiro atoms. The molecule has 8 heteroatoms. The summed E-state index contributed by atoms with van der Waals surface area (Å²) in [4.78, 5) is 11.5. The molecule has 0 bridgehead atoms. The molecule has 244 valence electrons. The highest BCUT2D eigenvalue weighted by atomic mass is 19.1. The van der Waals surface area contributed by atoms with E-state index in [1.165, 1.54) is 25.3 Å². The maximum absolute atomic E-state index is 15.3. The standard InChI is InChI=1S/C38H46FN3O4/c1-5-6-7-8-11-29-23-42(41-40-29)25-38(2,3)35-19-26(13-17-32(35)34-21-30(45-4)16-18-36(34)39)24-46-31-12-9-10-28(20-31)33(22-37(43)44)27-14-15-27/h9-10,12-13,16-21,23,27,33H,5-8,11,14-15,22,24-25H2,1-4H3,(H,43,44). The third-order valence-corrected chi connectivity index (χ3v) is 8.98. The van der Waals surface area contributed by atoms with Crippen LogP contribution in [0.5, 0.6) is 11.5 Å². The minimum Gasteiger partial charge on any atom is -0.497 e. The number of aromatic nitrogens is 3. The van der Waals surface area contributed by atoms with E-state index in [1.54, 1.807) is 19.2 Å². The van der Waals surface area contributed by atoms with Crippen LogP contribution < -0.4 is 9.47 Å². The van der Waals surface area contributed by atoms with Gasteiger partial charge in [-0.2, -0.15) is 0 Å². The van der Waals surface area contributed by atoms with E-state index >= 15 is 4.39 Å². The lowest BCUT2D eigenvalue weighted by atomic mass is 9.79. The van der Waals surface area contributed by atoms with Gasteiger partial charge in [-0.3, -0.25) is 9.48 Å². The second kappa shape index (κ2) is 14.9. The van der Waals surface area contributed by atoms with Gasteiger partial charge >= 0.3 is 5.97 Å². The van der Waals surface area contributed by atoms with Gasteiger partial charge in [0.25, 0.3) is 0 Å². The number of ether oxygens (including phenoxy) is 2. The van der Waals surface area contributed by atoms with Gasteiger partial charge in [-0.15, -0.1) is 5.10 Å². The Kier molecular flexibility index (Phi) is 10.8. The fourth-order valence-corrected chi connectivity index (χ4v) is 6.31. The summed E-state index contributed by atoms with van der Waals surface area (Å²) in [7, 11) is 1.58. The van der Waals surface area contributed by atoms with E-state index < -0.39 is 11.4 Å². The number of benzene rings is 3. The molecule has 7 nitrogen and oxygen atoms in total. The fourth-order valence-electron chi connectivity index (χ4n) is 6.31. The van der Waals surface area contributed by atoms with Gasteiger partial charge in [-0.1, -0.05) is 75.6 Å². The Morgan fingerprint density at radius 3 is 2.61 bits per heavy atom. The molecule has 0 aliphatic heterocycles. The SMILES string of the molecule is CCCCCCc1cn(CC(C)(C)c2cc(COc3cccc(C(CC(=O)O)C4CC4)c3)ccc2-c2cc(OC)ccc2F)nn1. The Morgan fingerprint density at radius 2 is 1.87 bits per heavy atom. The monoisotopic (exact) mass is 627 g/mol. The molecule has 46 heavy (non-hydrogen) atoms. The smallest absolute Gasteiger partial charge is 0.303 e. The van der Waals surface area contributed by atoms with E-state index in [-0.39, 0.29) is 18.2 Å². The highest BCUT2D eigenvalue weighted by molar-refractivity contribution is 5.71. The van der Waals surface area contributed by atoms with Crippen molar-refractivity contribution >= 4 is 5.97 Å².